The lowest BCUT2D eigenvalue weighted by Gasteiger charge is -2.22. The van der Waals surface area contributed by atoms with E-state index in [1.807, 2.05) is 7.05 Å². The Morgan fingerprint density at radius 2 is 1.81 bits per heavy atom. The first-order valence-electron chi connectivity index (χ1n) is 7.58. The van der Waals surface area contributed by atoms with Gasteiger partial charge in [-0.2, -0.15) is 0 Å². The lowest BCUT2D eigenvalue weighted by atomic mass is 9.89. The molecule has 21 heavy (non-hydrogen) atoms. The summed E-state index contributed by atoms with van der Waals surface area (Å²) < 4.78 is 38.9. The van der Waals surface area contributed by atoms with E-state index in [0.29, 0.717) is 50.5 Å². The Kier molecular flexibility index (Phi) is 9.42. The van der Waals surface area contributed by atoms with E-state index in [2.05, 4.69) is 5.32 Å². The quantitative estimate of drug-likeness (QED) is 0.522. The van der Waals surface area contributed by atoms with E-state index in [1.165, 1.54) is 0 Å². The van der Waals surface area contributed by atoms with Gasteiger partial charge in [-0.3, -0.25) is 0 Å². The molecule has 0 aromatic rings. The van der Waals surface area contributed by atoms with Crippen molar-refractivity contribution < 1.29 is 22.6 Å². The molecular formula is C14H29NO5S. The first-order chi connectivity index (χ1) is 10.1. The maximum atomic E-state index is 11.6. The molecule has 126 valence electrons. The van der Waals surface area contributed by atoms with Gasteiger partial charge in [0.05, 0.1) is 37.9 Å². The maximum Gasteiger partial charge on any atom is 0.150 e. The Balaban J connectivity index is 2.14. The van der Waals surface area contributed by atoms with E-state index in [0.717, 1.165) is 19.4 Å². The van der Waals surface area contributed by atoms with Crippen LogP contribution in [0.25, 0.3) is 0 Å². The van der Waals surface area contributed by atoms with Gasteiger partial charge >= 0.3 is 0 Å². The highest BCUT2D eigenvalue weighted by Crippen LogP contribution is 2.27. The maximum absolute atomic E-state index is 11.6. The Hall–Kier alpha value is -0.210. The largest absolute Gasteiger partial charge is 0.382 e. The summed E-state index contributed by atoms with van der Waals surface area (Å²) in [5.74, 6) is 1.30. The number of nitrogens with one attached hydrogen (secondary N) is 1. The van der Waals surface area contributed by atoms with Gasteiger partial charge in [-0.15, -0.1) is 0 Å². The van der Waals surface area contributed by atoms with Crippen LogP contribution in [0, 0.1) is 11.8 Å². The monoisotopic (exact) mass is 323 g/mol. The number of hydrogen-bond donors (Lipinski definition) is 1. The van der Waals surface area contributed by atoms with E-state index >= 15 is 0 Å². The summed E-state index contributed by atoms with van der Waals surface area (Å²) in [6.07, 6.45) is 1.67. The first kappa shape index (κ1) is 18.8. The normalized spacial score (nSPS) is 22.5. The number of methoxy groups -OCH3 is 1. The van der Waals surface area contributed by atoms with Gasteiger partial charge in [0.25, 0.3) is 0 Å². The molecule has 2 atom stereocenters. The SMILES string of the molecule is CNCC(CCOCCOCCOC)C1CCS(=O)(=O)C1. The van der Waals surface area contributed by atoms with Gasteiger partial charge in [0, 0.05) is 13.7 Å². The molecule has 1 aliphatic rings. The second-order valence-corrected chi connectivity index (χ2v) is 7.72. The summed E-state index contributed by atoms with van der Waals surface area (Å²) in [6, 6.07) is 0. The van der Waals surface area contributed by atoms with Crippen molar-refractivity contribution in [3.63, 3.8) is 0 Å². The van der Waals surface area contributed by atoms with Crippen LogP contribution in [0.2, 0.25) is 0 Å². The fraction of sp³-hybridized carbons (Fsp3) is 1.00. The third-order valence-electron chi connectivity index (χ3n) is 3.84. The van der Waals surface area contributed by atoms with Gasteiger partial charge in [0.15, 0.2) is 9.84 Å². The molecule has 0 aliphatic carbocycles. The zero-order chi connectivity index (χ0) is 15.6. The highest BCUT2D eigenvalue weighted by atomic mass is 32.2. The van der Waals surface area contributed by atoms with Crippen molar-refractivity contribution in [3.05, 3.63) is 0 Å². The van der Waals surface area contributed by atoms with Gasteiger partial charge in [0.2, 0.25) is 0 Å². The van der Waals surface area contributed by atoms with Crippen LogP contribution in [0.5, 0.6) is 0 Å². The molecule has 1 rings (SSSR count). The first-order valence-corrected chi connectivity index (χ1v) is 9.40. The number of hydrogen-bond acceptors (Lipinski definition) is 6. The van der Waals surface area contributed by atoms with E-state index in [1.54, 1.807) is 7.11 Å². The Morgan fingerprint density at radius 3 is 2.38 bits per heavy atom. The van der Waals surface area contributed by atoms with E-state index < -0.39 is 9.84 Å². The van der Waals surface area contributed by atoms with Crippen LogP contribution in [-0.4, -0.2) is 73.7 Å². The van der Waals surface area contributed by atoms with Gasteiger partial charge in [0.1, 0.15) is 0 Å². The van der Waals surface area contributed by atoms with Crippen molar-refractivity contribution in [3.8, 4) is 0 Å². The average Bonchev–Trinajstić information content (AvgIpc) is 2.81. The lowest BCUT2D eigenvalue weighted by Crippen LogP contribution is -2.28. The predicted molar refractivity (Wildman–Crippen MR) is 82.3 cm³/mol. The second kappa shape index (κ2) is 10.5. The van der Waals surface area contributed by atoms with E-state index in [-0.39, 0.29) is 5.92 Å². The molecule has 0 saturated carbocycles. The highest BCUT2D eigenvalue weighted by Gasteiger charge is 2.33. The van der Waals surface area contributed by atoms with Gasteiger partial charge < -0.3 is 19.5 Å². The smallest absolute Gasteiger partial charge is 0.150 e. The van der Waals surface area contributed by atoms with E-state index in [9.17, 15) is 8.42 Å². The van der Waals surface area contributed by atoms with Gasteiger partial charge in [-0.1, -0.05) is 0 Å². The van der Waals surface area contributed by atoms with Gasteiger partial charge in [-0.25, -0.2) is 8.42 Å². The standard InChI is InChI=1S/C14H29NO5S/c1-15-11-13(14-4-10-21(16,17)12-14)3-5-19-8-9-20-7-6-18-2/h13-15H,3-12H2,1-2H3. The number of ether oxygens (including phenoxy) is 3. The molecule has 6 nitrogen and oxygen atoms in total. The average molecular weight is 323 g/mol. The summed E-state index contributed by atoms with van der Waals surface area (Å²) in [5.41, 5.74) is 0. The fourth-order valence-corrected chi connectivity index (χ4v) is 4.58. The molecule has 0 spiro atoms. The van der Waals surface area contributed by atoms with Crippen molar-refractivity contribution in [2.45, 2.75) is 12.8 Å². The molecule has 1 saturated heterocycles. The molecule has 7 heteroatoms. The summed E-state index contributed by atoms with van der Waals surface area (Å²) >= 11 is 0. The molecule has 0 radical (unpaired) electrons. The molecule has 0 bridgehead atoms. The van der Waals surface area contributed by atoms with Crippen LogP contribution < -0.4 is 5.32 Å². The molecule has 1 heterocycles. The predicted octanol–water partition coefficient (Wildman–Crippen LogP) is 0.326. The minimum absolute atomic E-state index is 0.268. The van der Waals surface area contributed by atoms with Crippen LogP contribution in [0.4, 0.5) is 0 Å². The molecule has 1 aliphatic heterocycles. The molecule has 2 unspecified atom stereocenters. The van der Waals surface area contributed by atoms with Crippen molar-refractivity contribution in [2.24, 2.45) is 11.8 Å². The lowest BCUT2D eigenvalue weighted by molar-refractivity contribution is 0.0205. The number of rotatable bonds is 12. The number of sulfone groups is 1. The third kappa shape index (κ3) is 8.11. The third-order valence-corrected chi connectivity index (χ3v) is 5.63. The summed E-state index contributed by atoms with van der Waals surface area (Å²) in [7, 11) is 0.740. The summed E-state index contributed by atoms with van der Waals surface area (Å²) in [4.78, 5) is 0. The summed E-state index contributed by atoms with van der Waals surface area (Å²) in [5, 5.41) is 3.16. The van der Waals surface area contributed by atoms with Crippen LogP contribution in [0.1, 0.15) is 12.8 Å². The molecule has 0 aromatic heterocycles. The molecule has 1 fully saturated rings. The molecule has 0 aromatic carbocycles. The summed E-state index contributed by atoms with van der Waals surface area (Å²) in [6.45, 7) is 3.81. The van der Waals surface area contributed by atoms with Crippen LogP contribution in [0.15, 0.2) is 0 Å². The Bertz CT molecular complexity index is 360. The second-order valence-electron chi connectivity index (χ2n) is 5.49. The topological polar surface area (TPSA) is 73.9 Å². The van der Waals surface area contributed by atoms with Crippen molar-refractivity contribution in [1.29, 1.82) is 0 Å². The van der Waals surface area contributed by atoms with Gasteiger partial charge in [-0.05, 0) is 38.3 Å². The van der Waals surface area contributed by atoms with E-state index in [4.69, 9.17) is 14.2 Å². The zero-order valence-electron chi connectivity index (χ0n) is 13.2. The molecule has 0 amide bonds. The molecule has 1 N–H and O–H groups in total. The highest BCUT2D eigenvalue weighted by molar-refractivity contribution is 7.91. The Labute approximate surface area is 128 Å². The molecular weight excluding hydrogens is 294 g/mol. The minimum atomic E-state index is -2.81. The van der Waals surface area contributed by atoms with Crippen molar-refractivity contribution in [1.82, 2.24) is 5.32 Å². The fourth-order valence-electron chi connectivity index (χ4n) is 2.66. The van der Waals surface area contributed by atoms with Crippen LogP contribution in [0.3, 0.4) is 0 Å². The zero-order valence-corrected chi connectivity index (χ0v) is 14.0. The Morgan fingerprint density at radius 1 is 1.14 bits per heavy atom. The van der Waals surface area contributed by atoms with Crippen LogP contribution >= 0.6 is 0 Å². The minimum Gasteiger partial charge on any atom is -0.382 e. The van der Waals surface area contributed by atoms with Crippen molar-refractivity contribution >= 4 is 9.84 Å². The van der Waals surface area contributed by atoms with Crippen LogP contribution in [-0.2, 0) is 24.0 Å². The van der Waals surface area contributed by atoms with Crippen molar-refractivity contribution in [2.75, 3.05) is 65.2 Å².